The summed E-state index contributed by atoms with van der Waals surface area (Å²) >= 11 is 0. The Morgan fingerprint density at radius 3 is 3.00 bits per heavy atom. The maximum Gasteiger partial charge on any atom is 0.162 e. The molecule has 1 heteroatoms. The highest BCUT2D eigenvalue weighted by atomic mass is 16.1. The van der Waals surface area contributed by atoms with E-state index < -0.39 is 0 Å². The SMILES string of the molecule is CCC/C=C/C1=CCCC1=O. The summed E-state index contributed by atoms with van der Waals surface area (Å²) < 4.78 is 0. The Kier molecular flexibility index (Phi) is 3.09. The molecule has 0 saturated heterocycles. The molecular formula is C10H14O. The molecule has 0 saturated carbocycles. The van der Waals surface area contributed by atoms with E-state index in [0.29, 0.717) is 12.2 Å². The summed E-state index contributed by atoms with van der Waals surface area (Å²) in [5, 5.41) is 0. The Hall–Kier alpha value is -0.850. The fraction of sp³-hybridized carbons (Fsp3) is 0.500. The van der Waals surface area contributed by atoms with Crippen LogP contribution in [-0.4, -0.2) is 5.78 Å². The first-order valence-electron chi connectivity index (χ1n) is 4.24. The van der Waals surface area contributed by atoms with Gasteiger partial charge in [-0.3, -0.25) is 4.79 Å². The van der Waals surface area contributed by atoms with Crippen LogP contribution in [0.3, 0.4) is 0 Å². The Labute approximate surface area is 67.8 Å². The number of unbranched alkanes of at least 4 members (excludes halogenated alkanes) is 1. The first-order valence-corrected chi connectivity index (χ1v) is 4.24. The molecule has 0 heterocycles. The van der Waals surface area contributed by atoms with Gasteiger partial charge in [0.1, 0.15) is 0 Å². The molecule has 0 bridgehead atoms. The molecule has 0 aromatic carbocycles. The second-order valence-electron chi connectivity index (χ2n) is 2.81. The second kappa shape index (κ2) is 4.12. The lowest BCUT2D eigenvalue weighted by molar-refractivity contribution is -0.114. The van der Waals surface area contributed by atoms with Gasteiger partial charge < -0.3 is 0 Å². The Morgan fingerprint density at radius 1 is 1.64 bits per heavy atom. The van der Waals surface area contributed by atoms with Crippen LogP contribution in [0.1, 0.15) is 32.6 Å². The molecule has 1 aliphatic carbocycles. The van der Waals surface area contributed by atoms with Gasteiger partial charge in [0.2, 0.25) is 0 Å². The van der Waals surface area contributed by atoms with Gasteiger partial charge in [-0.25, -0.2) is 0 Å². The van der Waals surface area contributed by atoms with E-state index in [-0.39, 0.29) is 0 Å². The number of rotatable bonds is 3. The zero-order valence-corrected chi connectivity index (χ0v) is 6.97. The van der Waals surface area contributed by atoms with Crippen molar-refractivity contribution in [2.75, 3.05) is 0 Å². The van der Waals surface area contributed by atoms with E-state index in [1.807, 2.05) is 12.2 Å². The number of ketones is 1. The molecule has 0 aromatic rings. The summed E-state index contributed by atoms with van der Waals surface area (Å²) in [6.07, 6.45) is 9.93. The van der Waals surface area contributed by atoms with Crippen molar-refractivity contribution in [1.82, 2.24) is 0 Å². The maximum absolute atomic E-state index is 11.0. The van der Waals surface area contributed by atoms with Gasteiger partial charge in [-0.2, -0.15) is 0 Å². The summed E-state index contributed by atoms with van der Waals surface area (Å²) in [6.45, 7) is 2.13. The number of carbonyl (C=O) groups excluding carboxylic acids is 1. The molecule has 60 valence electrons. The van der Waals surface area contributed by atoms with Crippen molar-refractivity contribution < 1.29 is 4.79 Å². The fourth-order valence-electron chi connectivity index (χ4n) is 1.15. The van der Waals surface area contributed by atoms with Gasteiger partial charge in [-0.1, -0.05) is 31.6 Å². The minimum absolute atomic E-state index is 0.303. The van der Waals surface area contributed by atoms with Crippen molar-refractivity contribution in [2.24, 2.45) is 0 Å². The van der Waals surface area contributed by atoms with Gasteiger partial charge in [0, 0.05) is 12.0 Å². The van der Waals surface area contributed by atoms with Crippen LogP contribution in [0.5, 0.6) is 0 Å². The predicted octanol–water partition coefficient (Wildman–Crippen LogP) is 2.63. The van der Waals surface area contributed by atoms with Gasteiger partial charge in [-0.15, -0.1) is 0 Å². The molecule has 0 aliphatic heterocycles. The summed E-state index contributed by atoms with van der Waals surface area (Å²) in [4.78, 5) is 11.0. The minimum Gasteiger partial charge on any atom is -0.294 e. The van der Waals surface area contributed by atoms with Crippen molar-refractivity contribution in [3.05, 3.63) is 23.8 Å². The van der Waals surface area contributed by atoms with Gasteiger partial charge in [0.25, 0.3) is 0 Å². The number of allylic oxidation sites excluding steroid dienone is 4. The third-order valence-corrected chi connectivity index (χ3v) is 1.81. The lowest BCUT2D eigenvalue weighted by Crippen LogP contribution is -1.91. The minimum atomic E-state index is 0.303. The van der Waals surface area contributed by atoms with E-state index >= 15 is 0 Å². The molecule has 1 nitrogen and oxygen atoms in total. The quantitative estimate of drug-likeness (QED) is 0.604. The fourth-order valence-corrected chi connectivity index (χ4v) is 1.15. The molecule has 0 N–H and O–H groups in total. The number of hydrogen-bond acceptors (Lipinski definition) is 1. The standard InChI is InChI=1S/C10H14O/c1-2-3-4-6-9-7-5-8-10(9)11/h4,6-7H,2-3,5,8H2,1H3/b6-4+. The van der Waals surface area contributed by atoms with Crippen molar-refractivity contribution in [3.63, 3.8) is 0 Å². The third-order valence-electron chi connectivity index (χ3n) is 1.81. The topological polar surface area (TPSA) is 17.1 Å². The molecule has 0 spiro atoms. The highest BCUT2D eigenvalue weighted by Gasteiger charge is 2.10. The Morgan fingerprint density at radius 2 is 2.45 bits per heavy atom. The molecule has 11 heavy (non-hydrogen) atoms. The second-order valence-corrected chi connectivity index (χ2v) is 2.81. The summed E-state index contributed by atoms with van der Waals surface area (Å²) in [7, 11) is 0. The van der Waals surface area contributed by atoms with Gasteiger partial charge in [0.15, 0.2) is 5.78 Å². The lowest BCUT2D eigenvalue weighted by atomic mass is 10.2. The smallest absolute Gasteiger partial charge is 0.162 e. The van der Waals surface area contributed by atoms with Crippen molar-refractivity contribution >= 4 is 5.78 Å². The van der Waals surface area contributed by atoms with Gasteiger partial charge >= 0.3 is 0 Å². The lowest BCUT2D eigenvalue weighted by Gasteiger charge is -1.89. The van der Waals surface area contributed by atoms with E-state index in [1.165, 1.54) is 0 Å². The van der Waals surface area contributed by atoms with Crippen LogP contribution in [0.4, 0.5) is 0 Å². The summed E-state index contributed by atoms with van der Waals surface area (Å²) in [5.41, 5.74) is 0.915. The average Bonchev–Trinajstić information content (AvgIpc) is 2.37. The van der Waals surface area contributed by atoms with Crippen LogP contribution in [0.2, 0.25) is 0 Å². The Balaban J connectivity index is 2.42. The van der Waals surface area contributed by atoms with Crippen LogP contribution in [-0.2, 0) is 4.79 Å². The van der Waals surface area contributed by atoms with E-state index in [4.69, 9.17) is 0 Å². The van der Waals surface area contributed by atoms with Gasteiger partial charge in [0.05, 0.1) is 0 Å². The van der Waals surface area contributed by atoms with E-state index in [9.17, 15) is 4.79 Å². The normalized spacial score (nSPS) is 17.9. The van der Waals surface area contributed by atoms with Crippen molar-refractivity contribution in [1.29, 1.82) is 0 Å². The van der Waals surface area contributed by atoms with Crippen LogP contribution < -0.4 is 0 Å². The average molecular weight is 150 g/mol. The van der Waals surface area contributed by atoms with E-state index in [1.54, 1.807) is 0 Å². The van der Waals surface area contributed by atoms with E-state index in [0.717, 1.165) is 24.8 Å². The molecule has 0 unspecified atom stereocenters. The van der Waals surface area contributed by atoms with Crippen molar-refractivity contribution in [3.8, 4) is 0 Å². The molecule has 0 radical (unpaired) electrons. The number of Topliss-reactive ketones (excluding diaryl/α,β-unsaturated/α-hetero) is 1. The summed E-state index contributed by atoms with van der Waals surface area (Å²) in [5.74, 6) is 0.303. The summed E-state index contributed by atoms with van der Waals surface area (Å²) in [6, 6.07) is 0. The molecule has 0 atom stereocenters. The highest BCUT2D eigenvalue weighted by Crippen LogP contribution is 2.14. The number of carbonyl (C=O) groups is 1. The first kappa shape index (κ1) is 8.25. The first-order chi connectivity index (χ1) is 5.34. The molecule has 1 rings (SSSR count). The molecule has 0 aromatic heterocycles. The maximum atomic E-state index is 11.0. The third kappa shape index (κ3) is 2.34. The zero-order valence-electron chi connectivity index (χ0n) is 6.97. The van der Waals surface area contributed by atoms with Gasteiger partial charge in [-0.05, 0) is 12.8 Å². The van der Waals surface area contributed by atoms with Crippen LogP contribution >= 0.6 is 0 Å². The molecule has 1 aliphatic rings. The largest absolute Gasteiger partial charge is 0.294 e. The van der Waals surface area contributed by atoms with E-state index in [2.05, 4.69) is 13.0 Å². The van der Waals surface area contributed by atoms with Crippen LogP contribution in [0.25, 0.3) is 0 Å². The Bertz CT molecular complexity index is 199. The number of hydrogen-bond donors (Lipinski definition) is 0. The van der Waals surface area contributed by atoms with Crippen LogP contribution in [0.15, 0.2) is 23.8 Å². The molecule has 0 amide bonds. The zero-order chi connectivity index (χ0) is 8.10. The van der Waals surface area contributed by atoms with Crippen molar-refractivity contribution in [2.45, 2.75) is 32.6 Å². The highest BCUT2D eigenvalue weighted by molar-refractivity contribution is 6.00. The monoisotopic (exact) mass is 150 g/mol. The predicted molar refractivity (Wildman–Crippen MR) is 46.4 cm³/mol. The molecule has 0 fully saturated rings. The molecular weight excluding hydrogens is 136 g/mol. The van der Waals surface area contributed by atoms with Crippen LogP contribution in [0, 0.1) is 0 Å².